The van der Waals surface area contributed by atoms with E-state index >= 15 is 0 Å². The van der Waals surface area contributed by atoms with Gasteiger partial charge < -0.3 is 5.73 Å². The number of ketones is 1. The summed E-state index contributed by atoms with van der Waals surface area (Å²) in [4.78, 5) is 15.2. The lowest BCUT2D eigenvalue weighted by atomic mass is 9.83. The molecule has 0 aliphatic carbocycles. The normalized spacial score (nSPS) is 22.2. The summed E-state index contributed by atoms with van der Waals surface area (Å²) in [5.74, 6) is 0.259. The molecule has 1 aliphatic heterocycles. The molecule has 0 aromatic heterocycles. The van der Waals surface area contributed by atoms with Gasteiger partial charge in [0.05, 0.1) is 16.2 Å². The molecule has 138 valence electrons. The van der Waals surface area contributed by atoms with Gasteiger partial charge in [-0.2, -0.15) is 0 Å². The Hall–Kier alpha value is -1.39. The number of nitrogens with two attached hydrogens (primary N) is 1. The van der Waals surface area contributed by atoms with Crippen LogP contribution in [-0.4, -0.2) is 29.4 Å². The molecule has 1 fully saturated rings. The van der Waals surface area contributed by atoms with Crippen molar-refractivity contribution in [3.05, 3.63) is 69.7 Å². The van der Waals surface area contributed by atoms with Crippen LogP contribution in [0.1, 0.15) is 35.7 Å². The van der Waals surface area contributed by atoms with E-state index in [4.69, 9.17) is 28.9 Å². The first kappa shape index (κ1) is 19.4. The average Bonchev–Trinajstić information content (AvgIpc) is 2.64. The molecule has 3 atom stereocenters. The second-order valence-corrected chi connectivity index (χ2v) is 7.85. The highest BCUT2D eigenvalue weighted by atomic mass is 35.5. The molecule has 2 N–H and O–H groups in total. The number of benzene rings is 2. The second-order valence-electron chi connectivity index (χ2n) is 7.04. The fourth-order valence-corrected chi connectivity index (χ4v) is 4.14. The number of carbonyl (C=O) groups excluding carboxylic acids is 1. The third-order valence-electron chi connectivity index (χ3n) is 5.17. The molecule has 1 saturated heterocycles. The van der Waals surface area contributed by atoms with Crippen LogP contribution in [0.25, 0.3) is 0 Å². The quantitative estimate of drug-likeness (QED) is 0.745. The second kappa shape index (κ2) is 8.53. The fourth-order valence-electron chi connectivity index (χ4n) is 3.82. The molecule has 0 spiro atoms. The molecular weight excluding hydrogens is 367 g/mol. The van der Waals surface area contributed by atoms with Gasteiger partial charge in [-0.3, -0.25) is 9.69 Å². The van der Waals surface area contributed by atoms with Gasteiger partial charge in [-0.15, -0.1) is 0 Å². The Bertz CT molecular complexity index is 764. The summed E-state index contributed by atoms with van der Waals surface area (Å²) in [5.41, 5.74) is 8.10. The van der Waals surface area contributed by atoms with Crippen molar-refractivity contribution in [2.24, 2.45) is 11.7 Å². The van der Waals surface area contributed by atoms with Crippen molar-refractivity contribution in [1.29, 1.82) is 0 Å². The molecule has 2 aromatic carbocycles. The third-order valence-corrected chi connectivity index (χ3v) is 5.91. The third kappa shape index (κ3) is 4.47. The van der Waals surface area contributed by atoms with E-state index in [0.717, 1.165) is 36.9 Å². The highest BCUT2D eigenvalue weighted by Gasteiger charge is 2.34. The minimum absolute atomic E-state index is 0.0279. The number of Topliss-reactive ketones (excluding diaryl/α,β-unsaturated/α-hetero) is 1. The van der Waals surface area contributed by atoms with Gasteiger partial charge in [0.1, 0.15) is 0 Å². The molecule has 3 rings (SSSR count). The summed E-state index contributed by atoms with van der Waals surface area (Å²) in [7, 11) is 0. The SMILES string of the molecule is CC(N)N1CCC(C(=O)c2ccccc2)CC1Cc1ccc(Cl)c(Cl)c1. The summed E-state index contributed by atoms with van der Waals surface area (Å²) >= 11 is 12.2. The predicted molar refractivity (Wildman–Crippen MR) is 108 cm³/mol. The minimum Gasteiger partial charge on any atom is -0.316 e. The van der Waals surface area contributed by atoms with Crippen molar-refractivity contribution in [1.82, 2.24) is 4.90 Å². The largest absolute Gasteiger partial charge is 0.316 e. The van der Waals surface area contributed by atoms with Crippen LogP contribution < -0.4 is 5.73 Å². The lowest BCUT2D eigenvalue weighted by molar-refractivity contribution is 0.0604. The van der Waals surface area contributed by atoms with Gasteiger partial charge in [0.25, 0.3) is 0 Å². The summed E-state index contributed by atoms with van der Waals surface area (Å²) in [6.07, 6.45) is 2.40. The first-order valence-corrected chi connectivity index (χ1v) is 9.76. The van der Waals surface area contributed by atoms with E-state index in [9.17, 15) is 4.79 Å². The number of hydrogen-bond donors (Lipinski definition) is 1. The predicted octanol–water partition coefficient (Wildman–Crippen LogP) is 4.80. The first-order chi connectivity index (χ1) is 12.5. The van der Waals surface area contributed by atoms with E-state index in [-0.39, 0.29) is 23.9 Å². The van der Waals surface area contributed by atoms with Gasteiger partial charge in [-0.1, -0.05) is 59.6 Å². The summed E-state index contributed by atoms with van der Waals surface area (Å²) in [5, 5.41) is 1.12. The van der Waals surface area contributed by atoms with Crippen molar-refractivity contribution in [3.63, 3.8) is 0 Å². The van der Waals surface area contributed by atoms with Crippen LogP contribution in [-0.2, 0) is 6.42 Å². The fraction of sp³-hybridized carbons (Fsp3) is 0.381. The zero-order chi connectivity index (χ0) is 18.7. The Balaban J connectivity index is 1.77. The Labute approximate surface area is 165 Å². The number of carbonyl (C=O) groups is 1. The minimum atomic E-state index is -0.0458. The zero-order valence-corrected chi connectivity index (χ0v) is 16.4. The van der Waals surface area contributed by atoms with E-state index in [0.29, 0.717) is 10.0 Å². The summed E-state index contributed by atoms with van der Waals surface area (Å²) < 4.78 is 0. The van der Waals surface area contributed by atoms with Crippen LogP contribution in [0.4, 0.5) is 0 Å². The van der Waals surface area contributed by atoms with Crippen LogP contribution in [0.3, 0.4) is 0 Å². The van der Waals surface area contributed by atoms with Crippen molar-refractivity contribution in [3.8, 4) is 0 Å². The van der Waals surface area contributed by atoms with E-state index < -0.39 is 0 Å². The number of halogens is 2. The average molecular weight is 391 g/mol. The van der Waals surface area contributed by atoms with Crippen LogP contribution in [0.2, 0.25) is 10.0 Å². The smallest absolute Gasteiger partial charge is 0.166 e. The Morgan fingerprint density at radius 3 is 2.58 bits per heavy atom. The molecule has 1 heterocycles. The van der Waals surface area contributed by atoms with Crippen molar-refractivity contribution in [2.45, 2.75) is 38.4 Å². The molecule has 3 unspecified atom stereocenters. The molecule has 1 aliphatic rings. The Morgan fingerprint density at radius 2 is 1.92 bits per heavy atom. The first-order valence-electron chi connectivity index (χ1n) is 9.00. The van der Waals surface area contributed by atoms with Gasteiger partial charge in [0, 0.05) is 24.1 Å². The van der Waals surface area contributed by atoms with E-state index in [2.05, 4.69) is 4.90 Å². The topological polar surface area (TPSA) is 46.3 Å². The molecular formula is C21H24Cl2N2O. The molecule has 5 heteroatoms. The van der Waals surface area contributed by atoms with Gasteiger partial charge in [0.2, 0.25) is 0 Å². The molecule has 0 saturated carbocycles. The number of likely N-dealkylation sites (tertiary alicyclic amines) is 1. The van der Waals surface area contributed by atoms with E-state index in [1.165, 1.54) is 0 Å². The van der Waals surface area contributed by atoms with Crippen molar-refractivity contribution < 1.29 is 4.79 Å². The van der Waals surface area contributed by atoms with Gasteiger partial charge in [-0.25, -0.2) is 0 Å². The molecule has 0 radical (unpaired) electrons. The molecule has 0 bridgehead atoms. The lowest BCUT2D eigenvalue weighted by Gasteiger charge is -2.41. The maximum atomic E-state index is 12.9. The van der Waals surface area contributed by atoms with Gasteiger partial charge in [0.15, 0.2) is 5.78 Å². The number of rotatable bonds is 5. The lowest BCUT2D eigenvalue weighted by Crippen LogP contribution is -2.52. The maximum absolute atomic E-state index is 12.9. The Morgan fingerprint density at radius 1 is 1.19 bits per heavy atom. The van der Waals surface area contributed by atoms with Crippen LogP contribution in [0.15, 0.2) is 48.5 Å². The van der Waals surface area contributed by atoms with E-state index in [1.807, 2.05) is 55.5 Å². The molecule has 3 nitrogen and oxygen atoms in total. The van der Waals surface area contributed by atoms with Gasteiger partial charge >= 0.3 is 0 Å². The highest BCUT2D eigenvalue weighted by molar-refractivity contribution is 6.42. The van der Waals surface area contributed by atoms with Crippen LogP contribution in [0, 0.1) is 5.92 Å². The molecule has 0 amide bonds. The Kier molecular flexibility index (Phi) is 6.36. The van der Waals surface area contributed by atoms with Crippen molar-refractivity contribution in [2.75, 3.05) is 6.54 Å². The van der Waals surface area contributed by atoms with Crippen molar-refractivity contribution >= 4 is 29.0 Å². The number of nitrogens with zero attached hydrogens (tertiary/aromatic N) is 1. The van der Waals surface area contributed by atoms with Crippen LogP contribution >= 0.6 is 23.2 Å². The summed E-state index contributed by atoms with van der Waals surface area (Å²) in [6, 6.07) is 15.5. The molecule has 2 aromatic rings. The zero-order valence-electron chi connectivity index (χ0n) is 14.9. The summed E-state index contributed by atoms with van der Waals surface area (Å²) in [6.45, 7) is 2.83. The standard InChI is InChI=1S/C21H24Cl2N2O/c1-14(24)25-10-9-17(21(26)16-5-3-2-4-6-16)13-18(25)11-15-7-8-19(22)20(23)12-15/h2-8,12,14,17-18H,9-11,13,24H2,1H3. The highest BCUT2D eigenvalue weighted by Crippen LogP contribution is 2.30. The number of piperidine rings is 1. The number of hydrogen-bond acceptors (Lipinski definition) is 3. The monoisotopic (exact) mass is 390 g/mol. The maximum Gasteiger partial charge on any atom is 0.166 e. The molecule has 26 heavy (non-hydrogen) atoms. The van der Waals surface area contributed by atoms with E-state index in [1.54, 1.807) is 0 Å². The van der Waals surface area contributed by atoms with Crippen LogP contribution in [0.5, 0.6) is 0 Å². The van der Waals surface area contributed by atoms with Gasteiger partial charge in [-0.05, 0) is 43.9 Å².